The van der Waals surface area contributed by atoms with Crippen LogP contribution >= 0.6 is 0 Å². The Kier molecular flexibility index (Phi) is 7.60. The molecule has 0 unspecified atom stereocenters. The zero-order valence-electron chi connectivity index (χ0n) is 13.6. The van der Waals surface area contributed by atoms with Gasteiger partial charge in [0.15, 0.2) is 0 Å². The topological polar surface area (TPSA) is 61.8 Å². The molecule has 0 saturated carbocycles. The Morgan fingerprint density at radius 3 is 2.22 bits per heavy atom. The number of carbonyl (C=O) groups is 2. The maximum atomic E-state index is 11.4. The zero-order chi connectivity index (χ0) is 17.2. The van der Waals surface area contributed by atoms with Crippen LogP contribution in [0.5, 0.6) is 5.75 Å². The summed E-state index contributed by atoms with van der Waals surface area (Å²) in [5.41, 5.74) is 1.49. The van der Waals surface area contributed by atoms with Crippen LogP contribution < -0.4 is 4.74 Å². The van der Waals surface area contributed by atoms with E-state index in [0.717, 1.165) is 5.56 Å². The van der Waals surface area contributed by atoms with Crippen molar-refractivity contribution >= 4 is 11.9 Å². The lowest BCUT2D eigenvalue weighted by Gasteiger charge is -2.12. The molecule has 0 aliphatic carbocycles. The van der Waals surface area contributed by atoms with Gasteiger partial charge in [0.1, 0.15) is 12.4 Å². The highest BCUT2D eigenvalue weighted by molar-refractivity contribution is 5.87. The third-order valence-corrected chi connectivity index (χ3v) is 2.81. The van der Waals surface area contributed by atoms with E-state index in [1.54, 1.807) is 19.9 Å². The number of hydrogen-bond acceptors (Lipinski definition) is 5. The van der Waals surface area contributed by atoms with Gasteiger partial charge < -0.3 is 14.2 Å². The van der Waals surface area contributed by atoms with Gasteiger partial charge in [0.25, 0.3) is 0 Å². The number of carbonyl (C=O) groups excluding carboxylic acids is 2. The highest BCUT2D eigenvalue weighted by Gasteiger charge is 2.08. The van der Waals surface area contributed by atoms with Crippen molar-refractivity contribution in [2.24, 2.45) is 0 Å². The Morgan fingerprint density at radius 2 is 1.57 bits per heavy atom. The molecule has 1 aromatic rings. The quantitative estimate of drug-likeness (QED) is 0.397. The normalized spacial score (nSPS) is 9.83. The van der Waals surface area contributed by atoms with Gasteiger partial charge in [-0.15, -0.1) is 0 Å². The van der Waals surface area contributed by atoms with E-state index in [0.29, 0.717) is 29.9 Å². The number of hydrogen-bond donors (Lipinski definition) is 0. The third-order valence-electron chi connectivity index (χ3n) is 2.81. The number of benzene rings is 1. The predicted molar refractivity (Wildman–Crippen MR) is 86.9 cm³/mol. The van der Waals surface area contributed by atoms with Crippen molar-refractivity contribution in [3.63, 3.8) is 0 Å². The maximum Gasteiger partial charge on any atom is 0.333 e. The van der Waals surface area contributed by atoms with Crippen molar-refractivity contribution in [1.82, 2.24) is 0 Å². The van der Waals surface area contributed by atoms with Gasteiger partial charge in [0.2, 0.25) is 0 Å². The Morgan fingerprint density at radius 1 is 0.957 bits per heavy atom. The molecule has 5 heteroatoms. The smallest absolute Gasteiger partial charge is 0.333 e. The molecule has 0 amide bonds. The van der Waals surface area contributed by atoms with E-state index in [4.69, 9.17) is 14.2 Å². The van der Waals surface area contributed by atoms with Crippen LogP contribution in [0.1, 0.15) is 25.8 Å². The molecule has 0 atom stereocenters. The Labute approximate surface area is 136 Å². The van der Waals surface area contributed by atoms with Gasteiger partial charge in [-0.1, -0.05) is 31.4 Å². The van der Waals surface area contributed by atoms with Crippen LogP contribution in [-0.2, 0) is 25.7 Å². The summed E-state index contributed by atoms with van der Waals surface area (Å²) in [5.74, 6) is -0.211. The molecule has 5 nitrogen and oxygen atoms in total. The number of rotatable bonds is 9. The monoisotopic (exact) mass is 318 g/mol. The van der Waals surface area contributed by atoms with Crippen LogP contribution in [-0.4, -0.2) is 25.2 Å². The van der Waals surface area contributed by atoms with Crippen molar-refractivity contribution in [2.45, 2.75) is 26.9 Å². The second-order valence-electron chi connectivity index (χ2n) is 5.08. The number of para-hydroxylation sites is 1. The second kappa shape index (κ2) is 9.46. The Bertz CT molecular complexity index is 589. The molecule has 23 heavy (non-hydrogen) atoms. The van der Waals surface area contributed by atoms with E-state index < -0.39 is 11.9 Å². The minimum atomic E-state index is -0.438. The van der Waals surface area contributed by atoms with Gasteiger partial charge in [-0.3, -0.25) is 0 Å². The summed E-state index contributed by atoms with van der Waals surface area (Å²) < 4.78 is 15.7. The van der Waals surface area contributed by atoms with Crippen molar-refractivity contribution in [3.8, 4) is 5.75 Å². The average Bonchev–Trinajstić information content (AvgIpc) is 2.52. The van der Waals surface area contributed by atoms with Crippen LogP contribution in [0.2, 0.25) is 0 Å². The highest BCUT2D eigenvalue weighted by atomic mass is 16.5. The zero-order valence-corrected chi connectivity index (χ0v) is 13.6. The predicted octanol–water partition coefficient (Wildman–Crippen LogP) is 3.19. The van der Waals surface area contributed by atoms with Crippen LogP contribution in [0.25, 0.3) is 0 Å². The molecule has 0 bridgehead atoms. The molecule has 124 valence electrons. The minimum Gasteiger partial charge on any atom is -0.493 e. The van der Waals surface area contributed by atoms with E-state index in [1.165, 1.54) is 0 Å². The second-order valence-corrected chi connectivity index (χ2v) is 5.08. The fourth-order valence-electron chi connectivity index (χ4n) is 1.56. The van der Waals surface area contributed by atoms with Gasteiger partial charge in [0, 0.05) is 23.1 Å². The van der Waals surface area contributed by atoms with Crippen LogP contribution in [0.3, 0.4) is 0 Å². The maximum absolute atomic E-state index is 11.4. The highest BCUT2D eigenvalue weighted by Crippen LogP contribution is 2.19. The fraction of sp³-hybridized carbons (Fsp3) is 0.333. The SMILES string of the molecule is C=C(C)C(=O)OCCCOc1ccccc1COC(=O)C(=C)C. The Hall–Kier alpha value is -2.56. The molecule has 0 radical (unpaired) electrons. The van der Waals surface area contributed by atoms with Gasteiger partial charge in [-0.25, -0.2) is 9.59 Å². The first kappa shape index (κ1) is 18.5. The summed E-state index contributed by atoms with van der Waals surface area (Å²) in [7, 11) is 0. The van der Waals surface area contributed by atoms with Crippen molar-refractivity contribution in [3.05, 3.63) is 54.1 Å². The van der Waals surface area contributed by atoms with Gasteiger partial charge in [-0.2, -0.15) is 0 Å². The summed E-state index contributed by atoms with van der Waals surface area (Å²) in [6.45, 7) is 11.0. The van der Waals surface area contributed by atoms with Crippen LogP contribution in [0, 0.1) is 0 Å². The van der Waals surface area contributed by atoms with E-state index in [1.807, 2.05) is 18.2 Å². The van der Waals surface area contributed by atoms with Crippen molar-refractivity contribution in [2.75, 3.05) is 13.2 Å². The fourth-order valence-corrected chi connectivity index (χ4v) is 1.56. The first-order valence-corrected chi connectivity index (χ1v) is 7.27. The standard InChI is InChI=1S/C18H22O5/c1-13(2)17(19)22-11-7-10-21-16-9-6-5-8-15(16)12-23-18(20)14(3)4/h5-6,8-9H,1,3,7,10-12H2,2,4H3. The lowest BCUT2D eigenvalue weighted by molar-refractivity contribution is -0.140. The molecule has 0 saturated heterocycles. The summed E-state index contributed by atoms with van der Waals surface area (Å²) >= 11 is 0. The summed E-state index contributed by atoms with van der Waals surface area (Å²) in [6, 6.07) is 7.29. The largest absolute Gasteiger partial charge is 0.493 e. The third kappa shape index (κ3) is 6.82. The summed E-state index contributed by atoms with van der Waals surface area (Å²) in [5, 5.41) is 0. The van der Waals surface area contributed by atoms with Gasteiger partial charge in [0.05, 0.1) is 13.2 Å². The molecule has 0 spiro atoms. The number of esters is 2. The first-order valence-electron chi connectivity index (χ1n) is 7.27. The lowest BCUT2D eigenvalue weighted by atomic mass is 10.2. The lowest BCUT2D eigenvalue weighted by Crippen LogP contribution is -2.10. The number of ether oxygens (including phenoxy) is 3. The van der Waals surface area contributed by atoms with Crippen molar-refractivity contribution < 1.29 is 23.8 Å². The summed E-state index contributed by atoms with van der Waals surface area (Å²) in [4.78, 5) is 22.6. The van der Waals surface area contributed by atoms with Crippen LogP contribution in [0.4, 0.5) is 0 Å². The minimum absolute atomic E-state index is 0.118. The average molecular weight is 318 g/mol. The molecule has 0 fully saturated rings. The Balaban J connectivity index is 2.42. The molecule has 1 aromatic carbocycles. The van der Waals surface area contributed by atoms with Crippen LogP contribution in [0.15, 0.2) is 48.6 Å². The summed E-state index contributed by atoms with van der Waals surface area (Å²) in [6.07, 6.45) is 0.554. The molecule has 1 rings (SSSR count). The van der Waals surface area contributed by atoms with E-state index >= 15 is 0 Å². The molecule has 0 aliphatic heterocycles. The molecule has 0 N–H and O–H groups in total. The molecule has 0 aromatic heterocycles. The van der Waals surface area contributed by atoms with E-state index in [9.17, 15) is 9.59 Å². The molecule has 0 heterocycles. The van der Waals surface area contributed by atoms with Gasteiger partial charge >= 0.3 is 11.9 Å². The molecule has 0 aliphatic rings. The molecular weight excluding hydrogens is 296 g/mol. The van der Waals surface area contributed by atoms with Gasteiger partial charge in [-0.05, 0) is 19.9 Å². The van der Waals surface area contributed by atoms with Crippen molar-refractivity contribution in [1.29, 1.82) is 0 Å². The van der Waals surface area contributed by atoms with E-state index in [-0.39, 0.29) is 13.2 Å². The molecular formula is C18H22O5. The first-order chi connectivity index (χ1) is 10.9. The van der Waals surface area contributed by atoms with E-state index in [2.05, 4.69) is 13.2 Å².